The number of hydrogen-bond donors (Lipinski definition) is 3. The lowest BCUT2D eigenvalue weighted by atomic mass is 10.1. The molecule has 6 nitrogen and oxygen atoms in total. The van der Waals surface area contributed by atoms with Crippen LogP contribution in [0.2, 0.25) is 5.02 Å². The van der Waals surface area contributed by atoms with Crippen LogP contribution in [0.25, 0.3) is 0 Å². The molecule has 1 aliphatic heterocycles. The van der Waals surface area contributed by atoms with Crippen molar-refractivity contribution in [3.63, 3.8) is 0 Å². The number of nitrogen functional groups attached to an aromatic ring is 1. The van der Waals surface area contributed by atoms with E-state index in [2.05, 4.69) is 10.0 Å². The topological polar surface area (TPSA) is 101 Å². The number of amides is 1. The van der Waals surface area contributed by atoms with Crippen LogP contribution in [-0.4, -0.2) is 26.9 Å². The smallest absolute Gasteiger partial charge is 0.244 e. The number of carbonyl (C=O) groups excluding carboxylic acids is 1. The second-order valence-electron chi connectivity index (χ2n) is 4.27. The number of rotatable bonds is 3. The second kappa shape index (κ2) is 5.36. The molecule has 1 unspecified atom stereocenters. The molecule has 1 atom stereocenters. The van der Waals surface area contributed by atoms with Gasteiger partial charge in [-0.05, 0) is 25.0 Å². The molecule has 0 bridgehead atoms. The first kappa shape index (κ1) is 14.1. The van der Waals surface area contributed by atoms with Crippen LogP contribution in [0.4, 0.5) is 5.69 Å². The van der Waals surface area contributed by atoms with E-state index in [-0.39, 0.29) is 21.5 Å². The molecule has 8 heteroatoms. The normalized spacial score (nSPS) is 20.1. The Morgan fingerprint density at radius 1 is 1.42 bits per heavy atom. The summed E-state index contributed by atoms with van der Waals surface area (Å²) in [7, 11) is -3.92. The average Bonchev–Trinajstić information content (AvgIpc) is 2.31. The van der Waals surface area contributed by atoms with Gasteiger partial charge in [0.1, 0.15) is 10.9 Å². The van der Waals surface area contributed by atoms with Gasteiger partial charge in [-0.1, -0.05) is 17.7 Å². The van der Waals surface area contributed by atoms with Crippen molar-refractivity contribution in [3.8, 4) is 0 Å². The summed E-state index contributed by atoms with van der Waals surface area (Å²) in [5.41, 5.74) is 5.70. The predicted molar refractivity (Wildman–Crippen MR) is 72.2 cm³/mol. The second-order valence-corrected chi connectivity index (χ2v) is 6.32. The van der Waals surface area contributed by atoms with Crippen LogP contribution in [-0.2, 0) is 14.8 Å². The highest BCUT2D eigenvalue weighted by atomic mass is 35.5. The van der Waals surface area contributed by atoms with Gasteiger partial charge >= 0.3 is 0 Å². The molecule has 1 heterocycles. The summed E-state index contributed by atoms with van der Waals surface area (Å²) in [6.07, 6.45) is 1.17. The third-order valence-corrected chi connectivity index (χ3v) is 4.86. The van der Waals surface area contributed by atoms with Crippen molar-refractivity contribution < 1.29 is 13.2 Å². The first-order chi connectivity index (χ1) is 8.92. The van der Waals surface area contributed by atoms with Gasteiger partial charge in [-0.2, -0.15) is 4.72 Å². The van der Waals surface area contributed by atoms with E-state index in [1.165, 1.54) is 12.1 Å². The molecule has 1 aromatic carbocycles. The van der Waals surface area contributed by atoms with Gasteiger partial charge in [-0.15, -0.1) is 0 Å². The molecule has 0 aromatic heterocycles. The van der Waals surface area contributed by atoms with E-state index in [0.29, 0.717) is 13.0 Å². The Morgan fingerprint density at radius 2 is 2.16 bits per heavy atom. The molecule has 4 N–H and O–H groups in total. The van der Waals surface area contributed by atoms with E-state index in [9.17, 15) is 13.2 Å². The number of hydrogen-bond acceptors (Lipinski definition) is 4. The Balaban J connectivity index is 2.30. The summed E-state index contributed by atoms with van der Waals surface area (Å²) >= 11 is 5.87. The van der Waals surface area contributed by atoms with Crippen LogP contribution < -0.4 is 15.8 Å². The fraction of sp³-hybridized carbons (Fsp3) is 0.364. The minimum absolute atomic E-state index is 0.0312. The maximum absolute atomic E-state index is 12.2. The van der Waals surface area contributed by atoms with Crippen LogP contribution in [0.3, 0.4) is 0 Å². The predicted octanol–water partition coefficient (Wildman–Crippen LogP) is 0.479. The highest BCUT2D eigenvalue weighted by Gasteiger charge is 2.29. The van der Waals surface area contributed by atoms with Crippen molar-refractivity contribution in [3.05, 3.63) is 23.2 Å². The number of carbonyl (C=O) groups is 1. The van der Waals surface area contributed by atoms with Crippen molar-refractivity contribution >= 4 is 33.2 Å². The Bertz CT molecular complexity index is 583. The van der Waals surface area contributed by atoms with Crippen molar-refractivity contribution in [2.45, 2.75) is 23.8 Å². The van der Waals surface area contributed by atoms with E-state index in [4.69, 9.17) is 17.3 Å². The Kier molecular flexibility index (Phi) is 3.98. The number of piperidine rings is 1. The molecule has 1 aromatic rings. The molecule has 19 heavy (non-hydrogen) atoms. The molecule has 1 amide bonds. The van der Waals surface area contributed by atoms with E-state index < -0.39 is 16.1 Å². The summed E-state index contributed by atoms with van der Waals surface area (Å²) in [4.78, 5) is 11.4. The molecule has 0 radical (unpaired) electrons. The fourth-order valence-electron chi connectivity index (χ4n) is 1.94. The quantitative estimate of drug-likeness (QED) is 0.707. The summed E-state index contributed by atoms with van der Waals surface area (Å²) in [6.45, 7) is 0.561. The molecule has 104 valence electrons. The Hall–Kier alpha value is -1.31. The fourth-order valence-corrected chi connectivity index (χ4v) is 3.85. The van der Waals surface area contributed by atoms with Gasteiger partial charge in [0.05, 0.1) is 10.7 Å². The van der Waals surface area contributed by atoms with Crippen molar-refractivity contribution in [2.24, 2.45) is 0 Å². The van der Waals surface area contributed by atoms with Gasteiger partial charge < -0.3 is 11.1 Å². The van der Waals surface area contributed by atoms with Crippen LogP contribution in [0.5, 0.6) is 0 Å². The average molecular weight is 304 g/mol. The summed E-state index contributed by atoms with van der Waals surface area (Å²) < 4.78 is 26.8. The number of sulfonamides is 1. The molecule has 0 spiro atoms. The maximum Gasteiger partial charge on any atom is 0.244 e. The van der Waals surface area contributed by atoms with E-state index in [1.54, 1.807) is 6.07 Å². The minimum atomic E-state index is -3.92. The monoisotopic (exact) mass is 303 g/mol. The number of nitrogens with two attached hydrogens (primary N) is 1. The zero-order valence-corrected chi connectivity index (χ0v) is 11.6. The largest absolute Gasteiger partial charge is 0.398 e. The van der Waals surface area contributed by atoms with Crippen molar-refractivity contribution in [1.82, 2.24) is 10.0 Å². The third-order valence-electron chi connectivity index (χ3n) is 2.85. The molecule has 2 rings (SSSR count). The number of nitrogens with one attached hydrogen (secondary N) is 2. The molecule has 0 saturated carbocycles. The van der Waals surface area contributed by atoms with E-state index >= 15 is 0 Å². The first-order valence-electron chi connectivity index (χ1n) is 5.76. The highest BCUT2D eigenvalue weighted by Crippen LogP contribution is 2.27. The molecular formula is C11H14ClN3O3S. The zero-order valence-electron chi connectivity index (χ0n) is 10.0. The molecule has 0 aliphatic carbocycles. The molecule has 1 aliphatic rings. The van der Waals surface area contributed by atoms with Gasteiger partial charge in [0.15, 0.2) is 0 Å². The van der Waals surface area contributed by atoms with E-state index in [0.717, 1.165) is 6.42 Å². The Labute approximate surface area is 116 Å². The van der Waals surface area contributed by atoms with Gasteiger partial charge in [0, 0.05) is 6.54 Å². The van der Waals surface area contributed by atoms with Gasteiger partial charge in [0.2, 0.25) is 15.9 Å². The molecule has 1 saturated heterocycles. The first-order valence-corrected chi connectivity index (χ1v) is 7.62. The summed E-state index contributed by atoms with van der Waals surface area (Å²) in [5, 5.41) is 2.64. The number of halogens is 1. The molecule has 1 fully saturated rings. The van der Waals surface area contributed by atoms with E-state index in [1.807, 2.05) is 0 Å². The van der Waals surface area contributed by atoms with Crippen molar-refractivity contribution in [1.29, 1.82) is 0 Å². The van der Waals surface area contributed by atoms with Crippen LogP contribution in [0.15, 0.2) is 23.1 Å². The van der Waals surface area contributed by atoms with Gasteiger partial charge in [-0.25, -0.2) is 8.42 Å². The Morgan fingerprint density at radius 3 is 2.79 bits per heavy atom. The number of anilines is 1. The van der Waals surface area contributed by atoms with Crippen molar-refractivity contribution in [2.75, 3.05) is 12.3 Å². The lowest BCUT2D eigenvalue weighted by molar-refractivity contribution is -0.124. The lowest BCUT2D eigenvalue weighted by Crippen LogP contribution is -2.50. The third kappa shape index (κ3) is 2.99. The SMILES string of the molecule is Nc1cccc(Cl)c1S(=O)(=O)NC1CCCNC1=O. The van der Waals surface area contributed by atoms with Gasteiger partial charge in [-0.3, -0.25) is 4.79 Å². The lowest BCUT2D eigenvalue weighted by Gasteiger charge is -2.23. The standard InChI is InChI=1S/C11H14ClN3O3S/c12-7-3-1-4-8(13)10(7)19(17,18)15-9-5-2-6-14-11(9)16/h1,3-4,9,15H,2,5-6,13H2,(H,14,16). The maximum atomic E-state index is 12.2. The zero-order chi connectivity index (χ0) is 14.0. The molecular weight excluding hydrogens is 290 g/mol. The van der Waals surface area contributed by atoms with Crippen LogP contribution in [0, 0.1) is 0 Å². The minimum Gasteiger partial charge on any atom is -0.398 e. The van der Waals surface area contributed by atoms with Crippen LogP contribution in [0.1, 0.15) is 12.8 Å². The number of benzene rings is 1. The highest BCUT2D eigenvalue weighted by molar-refractivity contribution is 7.89. The summed E-state index contributed by atoms with van der Waals surface area (Å²) in [5.74, 6) is -0.333. The van der Waals surface area contributed by atoms with Crippen LogP contribution >= 0.6 is 11.6 Å². The van der Waals surface area contributed by atoms with Gasteiger partial charge in [0.25, 0.3) is 0 Å². The summed E-state index contributed by atoms with van der Waals surface area (Å²) in [6, 6.07) is 3.66.